The number of carbonyl (C=O) groups excluding carboxylic acids is 1. The van der Waals surface area contributed by atoms with Crippen molar-refractivity contribution < 1.29 is 4.79 Å². The van der Waals surface area contributed by atoms with Crippen LogP contribution >= 0.6 is 0 Å². The Morgan fingerprint density at radius 2 is 1.70 bits per heavy atom. The zero-order chi connectivity index (χ0) is 17.0. The second-order valence-electron chi connectivity index (χ2n) is 7.14. The fourth-order valence-corrected chi connectivity index (χ4v) is 2.57. The molecule has 0 unspecified atom stereocenters. The Morgan fingerprint density at radius 3 is 2.17 bits per heavy atom. The van der Waals surface area contributed by atoms with E-state index in [-0.39, 0.29) is 16.9 Å². The number of nitrogens with zero attached hydrogens (tertiary/aromatic N) is 3. The standard InChI is InChI=1S/C19H25N3O/c1-19(2,3)17-7-5-15(6-8-17)13-16(14-20)18(23)22-11-9-21(4)10-12-22/h5-8,13H,9-12H2,1-4H3/b16-13+. The van der Waals surface area contributed by atoms with Gasteiger partial charge in [0, 0.05) is 26.2 Å². The first-order chi connectivity index (χ1) is 10.8. The molecule has 0 radical (unpaired) electrons. The summed E-state index contributed by atoms with van der Waals surface area (Å²) in [7, 11) is 2.04. The van der Waals surface area contributed by atoms with E-state index in [0.29, 0.717) is 13.1 Å². The largest absolute Gasteiger partial charge is 0.335 e. The van der Waals surface area contributed by atoms with E-state index in [4.69, 9.17) is 0 Å². The summed E-state index contributed by atoms with van der Waals surface area (Å²) >= 11 is 0. The molecule has 0 N–H and O–H groups in total. The zero-order valence-corrected chi connectivity index (χ0v) is 14.5. The fraction of sp³-hybridized carbons (Fsp3) is 0.474. The van der Waals surface area contributed by atoms with Gasteiger partial charge in [0.2, 0.25) is 0 Å². The third kappa shape index (κ3) is 4.43. The SMILES string of the molecule is CN1CCN(C(=O)/C(C#N)=C/c2ccc(C(C)(C)C)cc2)CC1. The Kier molecular flexibility index (Phi) is 5.23. The van der Waals surface area contributed by atoms with Gasteiger partial charge in [-0.15, -0.1) is 0 Å². The predicted molar refractivity (Wildman–Crippen MR) is 92.8 cm³/mol. The van der Waals surface area contributed by atoms with Crippen LogP contribution in [-0.2, 0) is 10.2 Å². The molecular formula is C19H25N3O. The lowest BCUT2D eigenvalue weighted by Gasteiger charge is -2.32. The lowest BCUT2D eigenvalue weighted by atomic mass is 9.86. The maximum atomic E-state index is 12.5. The highest BCUT2D eigenvalue weighted by Gasteiger charge is 2.22. The quantitative estimate of drug-likeness (QED) is 0.623. The van der Waals surface area contributed by atoms with E-state index in [1.807, 2.05) is 19.2 Å². The van der Waals surface area contributed by atoms with Crippen LogP contribution in [0.1, 0.15) is 31.9 Å². The van der Waals surface area contributed by atoms with E-state index in [1.165, 1.54) is 5.56 Å². The molecule has 0 bridgehead atoms. The Bertz CT molecular complexity index is 624. The number of hydrogen-bond donors (Lipinski definition) is 0. The molecule has 122 valence electrons. The molecule has 1 amide bonds. The lowest BCUT2D eigenvalue weighted by Crippen LogP contribution is -2.47. The summed E-state index contributed by atoms with van der Waals surface area (Å²) in [5.41, 5.74) is 2.42. The fourth-order valence-electron chi connectivity index (χ4n) is 2.57. The molecular weight excluding hydrogens is 286 g/mol. The third-order valence-corrected chi connectivity index (χ3v) is 4.23. The molecule has 23 heavy (non-hydrogen) atoms. The average molecular weight is 311 g/mol. The van der Waals surface area contributed by atoms with Gasteiger partial charge < -0.3 is 9.80 Å². The van der Waals surface area contributed by atoms with Crippen molar-refractivity contribution in [1.82, 2.24) is 9.80 Å². The Balaban J connectivity index is 2.15. The highest BCUT2D eigenvalue weighted by molar-refractivity contribution is 6.01. The third-order valence-electron chi connectivity index (χ3n) is 4.23. The molecule has 0 aliphatic carbocycles. The first-order valence-electron chi connectivity index (χ1n) is 8.01. The van der Waals surface area contributed by atoms with Crippen molar-refractivity contribution in [3.05, 3.63) is 41.0 Å². The zero-order valence-electron chi connectivity index (χ0n) is 14.5. The van der Waals surface area contributed by atoms with Crippen LogP contribution in [-0.4, -0.2) is 48.9 Å². The molecule has 1 heterocycles. The molecule has 1 aliphatic rings. The summed E-state index contributed by atoms with van der Waals surface area (Å²) in [6, 6.07) is 10.1. The normalized spacial score (nSPS) is 17.0. The molecule has 1 aromatic carbocycles. The Labute approximate surface area is 139 Å². The number of likely N-dealkylation sites (N-methyl/N-ethyl adjacent to an activating group) is 1. The van der Waals surface area contributed by atoms with Crippen molar-refractivity contribution in [2.45, 2.75) is 26.2 Å². The number of nitriles is 1. The van der Waals surface area contributed by atoms with Crippen molar-refractivity contribution in [3.8, 4) is 6.07 Å². The molecule has 1 saturated heterocycles. The number of benzene rings is 1. The summed E-state index contributed by atoms with van der Waals surface area (Å²) in [5.74, 6) is -0.166. The average Bonchev–Trinajstić information content (AvgIpc) is 2.52. The summed E-state index contributed by atoms with van der Waals surface area (Å²) in [4.78, 5) is 16.4. The maximum absolute atomic E-state index is 12.5. The lowest BCUT2D eigenvalue weighted by molar-refractivity contribution is -0.128. The number of piperazine rings is 1. The van der Waals surface area contributed by atoms with Crippen LogP contribution in [0, 0.1) is 11.3 Å². The van der Waals surface area contributed by atoms with Gasteiger partial charge in [-0.1, -0.05) is 45.0 Å². The van der Waals surface area contributed by atoms with Crippen molar-refractivity contribution >= 4 is 12.0 Å². The first kappa shape index (κ1) is 17.2. The van der Waals surface area contributed by atoms with E-state index in [0.717, 1.165) is 18.7 Å². The molecule has 1 fully saturated rings. The van der Waals surface area contributed by atoms with Gasteiger partial charge in [0.05, 0.1) is 0 Å². The van der Waals surface area contributed by atoms with Gasteiger partial charge in [-0.2, -0.15) is 5.26 Å². The molecule has 0 saturated carbocycles. The first-order valence-corrected chi connectivity index (χ1v) is 8.01. The van der Waals surface area contributed by atoms with E-state index >= 15 is 0 Å². The van der Waals surface area contributed by atoms with E-state index in [9.17, 15) is 10.1 Å². The minimum Gasteiger partial charge on any atom is -0.335 e. The number of hydrogen-bond acceptors (Lipinski definition) is 3. The number of carbonyl (C=O) groups is 1. The summed E-state index contributed by atoms with van der Waals surface area (Å²) < 4.78 is 0. The molecule has 0 spiro atoms. The van der Waals surface area contributed by atoms with E-state index in [2.05, 4.69) is 43.9 Å². The van der Waals surface area contributed by atoms with Crippen LogP contribution in [0.3, 0.4) is 0 Å². The van der Waals surface area contributed by atoms with Crippen LogP contribution in [0.25, 0.3) is 6.08 Å². The monoisotopic (exact) mass is 311 g/mol. The molecule has 4 heteroatoms. The maximum Gasteiger partial charge on any atom is 0.264 e. The van der Waals surface area contributed by atoms with Crippen molar-refractivity contribution in [1.29, 1.82) is 5.26 Å². The van der Waals surface area contributed by atoms with Crippen molar-refractivity contribution in [2.24, 2.45) is 0 Å². The highest BCUT2D eigenvalue weighted by atomic mass is 16.2. The van der Waals surface area contributed by atoms with Crippen molar-refractivity contribution in [2.75, 3.05) is 33.2 Å². The van der Waals surface area contributed by atoms with Crippen LogP contribution in [0.4, 0.5) is 0 Å². The van der Waals surface area contributed by atoms with Gasteiger partial charge in [-0.25, -0.2) is 0 Å². The predicted octanol–water partition coefficient (Wildman–Crippen LogP) is 2.67. The number of amides is 1. The van der Waals surface area contributed by atoms with Crippen LogP contribution in [0.5, 0.6) is 0 Å². The second kappa shape index (κ2) is 6.97. The highest BCUT2D eigenvalue weighted by Crippen LogP contribution is 2.23. The topological polar surface area (TPSA) is 47.3 Å². The molecule has 1 aliphatic heterocycles. The molecule has 1 aromatic rings. The molecule has 2 rings (SSSR count). The minimum absolute atomic E-state index is 0.0932. The summed E-state index contributed by atoms with van der Waals surface area (Å²) in [5, 5.41) is 9.35. The van der Waals surface area contributed by atoms with E-state index < -0.39 is 0 Å². The van der Waals surface area contributed by atoms with Crippen molar-refractivity contribution in [3.63, 3.8) is 0 Å². The van der Waals surface area contributed by atoms with Crippen LogP contribution in [0.2, 0.25) is 0 Å². The van der Waals surface area contributed by atoms with Gasteiger partial charge in [0.1, 0.15) is 11.6 Å². The van der Waals surface area contributed by atoms with Gasteiger partial charge in [-0.05, 0) is 29.7 Å². The number of rotatable bonds is 2. The van der Waals surface area contributed by atoms with Gasteiger partial charge in [-0.3, -0.25) is 4.79 Å². The molecule has 0 atom stereocenters. The van der Waals surface area contributed by atoms with E-state index in [1.54, 1.807) is 11.0 Å². The molecule has 0 aromatic heterocycles. The smallest absolute Gasteiger partial charge is 0.264 e. The van der Waals surface area contributed by atoms with Gasteiger partial charge in [0.25, 0.3) is 5.91 Å². The minimum atomic E-state index is -0.166. The van der Waals surface area contributed by atoms with Crippen LogP contribution < -0.4 is 0 Å². The van der Waals surface area contributed by atoms with Gasteiger partial charge in [0.15, 0.2) is 0 Å². The summed E-state index contributed by atoms with van der Waals surface area (Å²) in [6.07, 6.45) is 1.69. The second-order valence-corrected chi connectivity index (χ2v) is 7.14. The Morgan fingerprint density at radius 1 is 1.13 bits per heavy atom. The van der Waals surface area contributed by atoms with Gasteiger partial charge >= 0.3 is 0 Å². The van der Waals surface area contributed by atoms with Crippen LogP contribution in [0.15, 0.2) is 29.8 Å². The Hall–Kier alpha value is -2.12. The molecule has 4 nitrogen and oxygen atoms in total. The summed E-state index contributed by atoms with van der Waals surface area (Å²) in [6.45, 7) is 9.55.